The minimum absolute atomic E-state index is 0.204. The first-order chi connectivity index (χ1) is 26.3. The first kappa shape index (κ1) is 28.9. The highest BCUT2D eigenvalue weighted by molar-refractivity contribution is 6.17. The number of nitrogens with zero attached hydrogens (tertiary/aromatic N) is 1. The maximum atomic E-state index is 2.56. The minimum atomic E-state index is -0.352. The molecule has 1 spiro atoms. The molecule has 1 heterocycles. The summed E-state index contributed by atoms with van der Waals surface area (Å²) in [6, 6.07) is 72.4. The van der Waals surface area contributed by atoms with E-state index in [1.807, 2.05) is 0 Å². The Morgan fingerprint density at radius 1 is 0.358 bits per heavy atom. The molecule has 12 rings (SSSR count). The van der Waals surface area contributed by atoms with E-state index in [1.165, 1.54) is 99.8 Å². The van der Waals surface area contributed by atoms with Crippen LogP contribution >= 0.6 is 0 Å². The summed E-state index contributed by atoms with van der Waals surface area (Å²) in [5, 5.41) is 2.57. The molecule has 0 saturated carbocycles. The third-order valence-electron chi connectivity index (χ3n) is 12.2. The summed E-state index contributed by atoms with van der Waals surface area (Å²) in [5.74, 6) is 0.204. The third kappa shape index (κ3) is 3.81. The predicted octanol–water partition coefficient (Wildman–Crippen LogP) is 12.8. The SMILES string of the molecule is c1ccc(C2=C(c3ccc4c(c3)c3ccccc3n4-c3ccccc3)C2c2ccc3c(c2)C2(c4ccccc4-c4ccccc42)c2ccccc2-3)cc1. The Kier molecular flexibility index (Phi) is 5.82. The monoisotopic (exact) mass is 671 g/mol. The van der Waals surface area contributed by atoms with Crippen LogP contribution in [0.4, 0.5) is 0 Å². The topological polar surface area (TPSA) is 4.93 Å². The van der Waals surface area contributed by atoms with Gasteiger partial charge in [0.1, 0.15) is 0 Å². The fourth-order valence-electron chi connectivity index (χ4n) is 10.1. The number of aromatic nitrogens is 1. The van der Waals surface area contributed by atoms with E-state index in [-0.39, 0.29) is 11.3 Å². The van der Waals surface area contributed by atoms with Crippen molar-refractivity contribution < 1.29 is 0 Å². The van der Waals surface area contributed by atoms with Gasteiger partial charge in [0.25, 0.3) is 0 Å². The second kappa shape index (κ2) is 10.7. The van der Waals surface area contributed by atoms with Gasteiger partial charge in [0.15, 0.2) is 0 Å². The smallest absolute Gasteiger partial charge is 0.0725 e. The maximum Gasteiger partial charge on any atom is 0.0725 e. The van der Waals surface area contributed by atoms with Crippen LogP contribution in [0.15, 0.2) is 194 Å². The summed E-state index contributed by atoms with van der Waals surface area (Å²) in [6.07, 6.45) is 0. The summed E-state index contributed by atoms with van der Waals surface area (Å²) in [5.41, 5.74) is 21.0. The molecule has 8 aromatic carbocycles. The van der Waals surface area contributed by atoms with E-state index in [2.05, 4.69) is 199 Å². The van der Waals surface area contributed by atoms with E-state index < -0.39 is 0 Å². The van der Waals surface area contributed by atoms with Gasteiger partial charge in [-0.3, -0.25) is 0 Å². The molecule has 53 heavy (non-hydrogen) atoms. The Bertz CT molecular complexity index is 2930. The maximum absolute atomic E-state index is 2.56. The van der Waals surface area contributed by atoms with Crippen molar-refractivity contribution in [1.29, 1.82) is 0 Å². The largest absolute Gasteiger partial charge is 0.309 e. The summed E-state index contributed by atoms with van der Waals surface area (Å²) in [7, 11) is 0. The van der Waals surface area contributed by atoms with E-state index in [9.17, 15) is 0 Å². The van der Waals surface area contributed by atoms with Gasteiger partial charge in [-0.2, -0.15) is 0 Å². The Labute approximate surface area is 308 Å². The average molecular weight is 672 g/mol. The van der Waals surface area contributed by atoms with Crippen molar-refractivity contribution in [2.45, 2.75) is 11.3 Å². The van der Waals surface area contributed by atoms with Crippen molar-refractivity contribution >= 4 is 33.0 Å². The predicted molar refractivity (Wildman–Crippen MR) is 220 cm³/mol. The minimum Gasteiger partial charge on any atom is -0.309 e. The molecule has 3 aliphatic rings. The average Bonchev–Trinajstić information content (AvgIpc) is 3.67. The van der Waals surface area contributed by atoms with E-state index in [0.29, 0.717) is 0 Å². The molecule has 1 aromatic heterocycles. The molecule has 9 aromatic rings. The summed E-state index contributed by atoms with van der Waals surface area (Å²) < 4.78 is 2.40. The van der Waals surface area contributed by atoms with Crippen LogP contribution in [-0.2, 0) is 5.41 Å². The van der Waals surface area contributed by atoms with Gasteiger partial charge in [0.2, 0.25) is 0 Å². The number of allylic oxidation sites excluding steroid dienone is 2. The normalized spacial score (nSPS) is 15.8. The Morgan fingerprint density at radius 2 is 0.887 bits per heavy atom. The summed E-state index contributed by atoms with van der Waals surface area (Å²) in [6.45, 7) is 0. The molecule has 246 valence electrons. The van der Waals surface area contributed by atoms with Gasteiger partial charge >= 0.3 is 0 Å². The van der Waals surface area contributed by atoms with Crippen molar-refractivity contribution in [1.82, 2.24) is 4.57 Å². The Morgan fingerprint density at radius 3 is 1.57 bits per heavy atom. The van der Waals surface area contributed by atoms with Gasteiger partial charge in [-0.15, -0.1) is 0 Å². The van der Waals surface area contributed by atoms with E-state index in [4.69, 9.17) is 0 Å². The van der Waals surface area contributed by atoms with Gasteiger partial charge in [0.05, 0.1) is 16.4 Å². The summed E-state index contributed by atoms with van der Waals surface area (Å²) in [4.78, 5) is 0. The van der Waals surface area contributed by atoms with E-state index >= 15 is 0 Å². The lowest BCUT2D eigenvalue weighted by molar-refractivity contribution is 0.792. The molecule has 0 saturated heterocycles. The second-order valence-electron chi connectivity index (χ2n) is 14.7. The standard InChI is InChI=1S/C52H33N/c1-3-15-33(16-4-1)49-50(34-28-30-48-42(31-34)41-22-10-14-26-47(41)53(48)36-17-5-2-6-18-36)51(49)35-27-29-40-39-21-9-13-25-45(39)52(46(40)32-35)43-23-11-7-19-37(43)38-20-8-12-24-44(38)52/h1-32,51H. The molecule has 0 bridgehead atoms. The van der Waals surface area contributed by atoms with Crippen LogP contribution in [0.25, 0.3) is 60.9 Å². The van der Waals surface area contributed by atoms with E-state index in [1.54, 1.807) is 0 Å². The van der Waals surface area contributed by atoms with Crippen LogP contribution in [0.5, 0.6) is 0 Å². The zero-order valence-electron chi connectivity index (χ0n) is 29.0. The van der Waals surface area contributed by atoms with Gasteiger partial charge in [0, 0.05) is 22.4 Å². The fraction of sp³-hybridized carbons (Fsp3) is 0.0385. The number of hydrogen-bond acceptors (Lipinski definition) is 0. The van der Waals surface area contributed by atoms with Crippen LogP contribution in [0.2, 0.25) is 0 Å². The lowest BCUT2D eigenvalue weighted by atomic mass is 9.70. The Balaban J connectivity index is 1.07. The quantitative estimate of drug-likeness (QED) is 0.175. The van der Waals surface area contributed by atoms with Crippen LogP contribution in [0, 0.1) is 0 Å². The highest BCUT2D eigenvalue weighted by Gasteiger charge is 2.52. The van der Waals surface area contributed by atoms with Crippen molar-refractivity contribution in [3.05, 3.63) is 233 Å². The molecular formula is C52H33N. The van der Waals surface area contributed by atoms with Crippen LogP contribution in [0.3, 0.4) is 0 Å². The molecule has 1 heteroatoms. The molecule has 0 radical (unpaired) electrons. The van der Waals surface area contributed by atoms with Crippen molar-refractivity contribution in [2.75, 3.05) is 0 Å². The molecule has 0 N–H and O–H groups in total. The molecule has 1 nitrogen and oxygen atoms in total. The highest BCUT2D eigenvalue weighted by atomic mass is 15.0. The van der Waals surface area contributed by atoms with Crippen LogP contribution in [-0.4, -0.2) is 4.57 Å². The van der Waals surface area contributed by atoms with Gasteiger partial charge in [-0.25, -0.2) is 0 Å². The van der Waals surface area contributed by atoms with Crippen molar-refractivity contribution in [3.63, 3.8) is 0 Å². The number of hydrogen-bond donors (Lipinski definition) is 0. The molecule has 3 aliphatic carbocycles. The number of fused-ring (bicyclic) bond motifs is 13. The summed E-state index contributed by atoms with van der Waals surface area (Å²) >= 11 is 0. The number of para-hydroxylation sites is 2. The van der Waals surface area contributed by atoms with Crippen LogP contribution < -0.4 is 0 Å². The molecule has 0 aliphatic heterocycles. The number of rotatable bonds is 4. The van der Waals surface area contributed by atoms with Crippen LogP contribution in [0.1, 0.15) is 44.9 Å². The van der Waals surface area contributed by atoms with Crippen molar-refractivity contribution in [3.8, 4) is 27.9 Å². The lowest BCUT2D eigenvalue weighted by Gasteiger charge is -2.30. The Hall–Kier alpha value is -6.70. The van der Waals surface area contributed by atoms with Crippen molar-refractivity contribution in [2.24, 2.45) is 0 Å². The molecule has 0 amide bonds. The van der Waals surface area contributed by atoms with Gasteiger partial charge < -0.3 is 4.57 Å². The number of benzene rings is 8. The molecule has 0 fully saturated rings. The van der Waals surface area contributed by atoms with Gasteiger partial charge in [-0.05, 0) is 103 Å². The highest BCUT2D eigenvalue weighted by Crippen LogP contribution is 2.65. The molecule has 1 unspecified atom stereocenters. The second-order valence-corrected chi connectivity index (χ2v) is 14.7. The lowest BCUT2D eigenvalue weighted by Crippen LogP contribution is -2.26. The first-order valence-corrected chi connectivity index (χ1v) is 18.6. The molecular weight excluding hydrogens is 639 g/mol. The first-order valence-electron chi connectivity index (χ1n) is 18.6. The molecule has 1 atom stereocenters. The fourth-order valence-corrected chi connectivity index (χ4v) is 10.1. The zero-order valence-corrected chi connectivity index (χ0v) is 29.0. The third-order valence-corrected chi connectivity index (χ3v) is 12.2. The zero-order chi connectivity index (χ0) is 34.7. The van der Waals surface area contributed by atoms with Gasteiger partial charge in [-0.1, -0.05) is 164 Å². The van der Waals surface area contributed by atoms with E-state index in [0.717, 1.165) is 0 Å².